The second-order valence-corrected chi connectivity index (χ2v) is 8.38. The van der Waals surface area contributed by atoms with E-state index in [-0.39, 0.29) is 0 Å². The van der Waals surface area contributed by atoms with Crippen molar-refractivity contribution in [3.8, 4) is 39.2 Å². The third-order valence-electron chi connectivity index (χ3n) is 4.68. The van der Waals surface area contributed by atoms with Gasteiger partial charge in [-0.3, -0.25) is 0 Å². The first kappa shape index (κ1) is 21.2. The molecule has 0 spiro atoms. The van der Waals surface area contributed by atoms with Gasteiger partial charge >= 0.3 is 0 Å². The minimum Gasteiger partial charge on any atom is -0.493 e. The van der Waals surface area contributed by atoms with Crippen LogP contribution in [0.2, 0.25) is 0 Å². The lowest BCUT2D eigenvalue weighted by Gasteiger charge is -2.13. The molecule has 31 heavy (non-hydrogen) atoms. The van der Waals surface area contributed by atoms with E-state index < -0.39 is 0 Å². The van der Waals surface area contributed by atoms with Gasteiger partial charge in [0.25, 0.3) is 0 Å². The van der Waals surface area contributed by atoms with Gasteiger partial charge in [-0.15, -0.1) is 21.5 Å². The van der Waals surface area contributed by atoms with E-state index in [9.17, 15) is 0 Å². The van der Waals surface area contributed by atoms with Crippen molar-refractivity contribution in [2.75, 3.05) is 21.3 Å². The Kier molecular flexibility index (Phi) is 6.43. The van der Waals surface area contributed by atoms with Crippen molar-refractivity contribution >= 4 is 23.1 Å². The number of nitrogens with zero attached hydrogens (tertiary/aromatic N) is 4. The number of hydrogen-bond acceptors (Lipinski definition) is 8. The maximum absolute atomic E-state index is 5.46. The lowest BCUT2D eigenvalue weighted by Crippen LogP contribution is -1.99. The van der Waals surface area contributed by atoms with Crippen LogP contribution in [0.15, 0.2) is 53.0 Å². The zero-order valence-corrected chi connectivity index (χ0v) is 19.3. The number of methoxy groups -OCH3 is 3. The number of thioether (sulfide) groups is 1. The largest absolute Gasteiger partial charge is 0.493 e. The summed E-state index contributed by atoms with van der Waals surface area (Å²) < 4.78 is 18.3. The minimum atomic E-state index is 0.545. The van der Waals surface area contributed by atoms with Crippen LogP contribution in [0.3, 0.4) is 0 Å². The zero-order chi connectivity index (χ0) is 21.8. The molecule has 0 fully saturated rings. The first-order valence-electron chi connectivity index (χ1n) is 9.47. The molecule has 4 rings (SSSR count). The number of aromatic nitrogens is 4. The summed E-state index contributed by atoms with van der Waals surface area (Å²) in [6.07, 6.45) is 0. The van der Waals surface area contributed by atoms with E-state index in [2.05, 4.69) is 27.7 Å². The molecule has 0 amide bonds. The Morgan fingerprint density at radius 3 is 2.29 bits per heavy atom. The molecule has 160 valence electrons. The van der Waals surface area contributed by atoms with E-state index in [1.54, 1.807) is 44.4 Å². The number of thiazole rings is 1. The summed E-state index contributed by atoms with van der Waals surface area (Å²) in [7, 11) is 6.71. The number of rotatable bonds is 8. The van der Waals surface area contributed by atoms with E-state index in [0.717, 1.165) is 27.0 Å². The monoisotopic (exact) mass is 454 g/mol. The molecule has 0 aliphatic rings. The average molecular weight is 455 g/mol. The van der Waals surface area contributed by atoms with Gasteiger partial charge in [0.1, 0.15) is 5.01 Å². The van der Waals surface area contributed by atoms with Crippen LogP contribution < -0.4 is 14.2 Å². The Morgan fingerprint density at radius 1 is 0.935 bits per heavy atom. The van der Waals surface area contributed by atoms with Crippen LogP contribution in [0.1, 0.15) is 5.69 Å². The van der Waals surface area contributed by atoms with Crippen LogP contribution in [0.25, 0.3) is 22.0 Å². The Balaban J connectivity index is 1.54. The quantitative estimate of drug-likeness (QED) is 0.350. The maximum Gasteiger partial charge on any atom is 0.203 e. The summed E-state index contributed by atoms with van der Waals surface area (Å²) in [5.74, 6) is 3.12. The highest BCUT2D eigenvalue weighted by molar-refractivity contribution is 7.98. The molecule has 0 saturated carbocycles. The van der Waals surface area contributed by atoms with Crippen molar-refractivity contribution in [3.05, 3.63) is 53.5 Å². The van der Waals surface area contributed by atoms with Crippen LogP contribution in [-0.4, -0.2) is 41.1 Å². The van der Waals surface area contributed by atoms with Gasteiger partial charge in [-0.2, -0.15) is 0 Å². The molecule has 2 aromatic carbocycles. The van der Waals surface area contributed by atoms with Gasteiger partial charge in [0.05, 0.1) is 27.0 Å². The molecular formula is C22H22N4O3S2. The summed E-state index contributed by atoms with van der Waals surface area (Å²) >= 11 is 3.25. The molecule has 0 aliphatic heterocycles. The van der Waals surface area contributed by atoms with E-state index >= 15 is 0 Å². The van der Waals surface area contributed by atoms with E-state index in [0.29, 0.717) is 28.8 Å². The maximum atomic E-state index is 5.46. The number of hydrogen-bond donors (Lipinski definition) is 0. The predicted octanol–water partition coefficient (Wildman–Crippen LogP) is 4.92. The molecule has 2 heterocycles. The summed E-state index contributed by atoms with van der Waals surface area (Å²) in [6.45, 7) is 0. The smallest absolute Gasteiger partial charge is 0.203 e. The van der Waals surface area contributed by atoms with Gasteiger partial charge in [-0.1, -0.05) is 42.1 Å². The van der Waals surface area contributed by atoms with Crippen molar-refractivity contribution in [3.63, 3.8) is 0 Å². The molecule has 0 aliphatic carbocycles. The van der Waals surface area contributed by atoms with Crippen molar-refractivity contribution in [2.45, 2.75) is 10.9 Å². The number of ether oxygens (including phenoxy) is 3. The zero-order valence-electron chi connectivity index (χ0n) is 17.7. The van der Waals surface area contributed by atoms with Crippen LogP contribution in [-0.2, 0) is 12.8 Å². The molecule has 9 heteroatoms. The first-order valence-corrected chi connectivity index (χ1v) is 11.3. The van der Waals surface area contributed by atoms with E-state index in [1.807, 2.05) is 41.9 Å². The van der Waals surface area contributed by atoms with Gasteiger partial charge in [0.15, 0.2) is 22.5 Å². The highest BCUT2D eigenvalue weighted by Gasteiger charge is 2.18. The molecule has 0 unspecified atom stereocenters. The Bertz CT molecular complexity index is 1150. The van der Waals surface area contributed by atoms with Gasteiger partial charge in [0.2, 0.25) is 5.75 Å². The lowest BCUT2D eigenvalue weighted by molar-refractivity contribution is 0.324. The Hall–Kier alpha value is -3.04. The standard InChI is InChI=1S/C22H22N4O3S2/c1-26-20(15-10-17(27-2)19(29-4)18(11-15)28-3)24-25-22(26)31-13-16-12-30-21(23-16)14-8-6-5-7-9-14/h5-12H,13H2,1-4H3. The fourth-order valence-electron chi connectivity index (χ4n) is 3.13. The first-order chi connectivity index (χ1) is 15.1. The minimum absolute atomic E-state index is 0.545. The molecule has 7 nitrogen and oxygen atoms in total. The Labute approximate surface area is 189 Å². The molecular weight excluding hydrogens is 432 g/mol. The Morgan fingerprint density at radius 2 is 1.65 bits per heavy atom. The van der Waals surface area contributed by atoms with E-state index in [4.69, 9.17) is 19.2 Å². The molecule has 2 aromatic heterocycles. The summed E-state index contributed by atoms with van der Waals surface area (Å²) in [6, 6.07) is 13.9. The fraction of sp³-hybridized carbons (Fsp3) is 0.227. The topological polar surface area (TPSA) is 71.3 Å². The average Bonchev–Trinajstić information content (AvgIpc) is 3.44. The van der Waals surface area contributed by atoms with Crippen molar-refractivity contribution in [1.29, 1.82) is 0 Å². The molecule has 0 saturated heterocycles. The van der Waals surface area contributed by atoms with Crippen LogP contribution in [0.5, 0.6) is 17.2 Å². The highest BCUT2D eigenvalue weighted by atomic mass is 32.2. The van der Waals surface area contributed by atoms with Crippen molar-refractivity contribution in [2.24, 2.45) is 7.05 Å². The molecule has 0 N–H and O–H groups in total. The van der Waals surface area contributed by atoms with Gasteiger partial charge in [-0.25, -0.2) is 4.98 Å². The predicted molar refractivity (Wildman–Crippen MR) is 123 cm³/mol. The van der Waals surface area contributed by atoms with Gasteiger partial charge in [0, 0.05) is 29.3 Å². The van der Waals surface area contributed by atoms with Crippen molar-refractivity contribution in [1.82, 2.24) is 19.7 Å². The van der Waals surface area contributed by atoms with Crippen LogP contribution in [0.4, 0.5) is 0 Å². The van der Waals surface area contributed by atoms with Gasteiger partial charge < -0.3 is 18.8 Å². The van der Waals surface area contributed by atoms with Crippen molar-refractivity contribution < 1.29 is 14.2 Å². The molecule has 0 bridgehead atoms. The third kappa shape index (κ3) is 4.38. The molecule has 0 atom stereocenters. The SMILES string of the molecule is COc1cc(-c2nnc(SCc3csc(-c4ccccc4)n3)n2C)cc(OC)c1OC. The second kappa shape index (κ2) is 9.40. The summed E-state index contributed by atoms with van der Waals surface area (Å²) in [4.78, 5) is 4.75. The van der Waals surface area contributed by atoms with Crippen LogP contribution in [0, 0.1) is 0 Å². The third-order valence-corrected chi connectivity index (χ3v) is 6.67. The van der Waals surface area contributed by atoms with Crippen LogP contribution >= 0.6 is 23.1 Å². The summed E-state index contributed by atoms with van der Waals surface area (Å²) in [5, 5.41) is 12.7. The number of benzene rings is 2. The fourth-order valence-corrected chi connectivity index (χ4v) is 4.86. The second-order valence-electron chi connectivity index (χ2n) is 6.58. The lowest BCUT2D eigenvalue weighted by atomic mass is 10.1. The summed E-state index contributed by atoms with van der Waals surface area (Å²) in [5.41, 5.74) is 2.98. The normalized spacial score (nSPS) is 10.8. The van der Waals surface area contributed by atoms with Gasteiger partial charge in [-0.05, 0) is 12.1 Å². The van der Waals surface area contributed by atoms with E-state index in [1.165, 1.54) is 0 Å². The highest BCUT2D eigenvalue weighted by Crippen LogP contribution is 2.41. The molecule has 4 aromatic rings. The molecule has 0 radical (unpaired) electrons.